The molecule has 1 N–H and O–H groups in total. The van der Waals surface area contributed by atoms with Crippen LogP contribution in [0.15, 0.2) is 60.8 Å². The summed E-state index contributed by atoms with van der Waals surface area (Å²) in [6.07, 6.45) is 3.18. The van der Waals surface area contributed by atoms with Crippen LogP contribution < -0.4 is 0 Å². The second kappa shape index (κ2) is 6.85. The number of likely N-dealkylation sites (tertiary alicyclic amines) is 1. The molecule has 0 amide bonds. The van der Waals surface area contributed by atoms with Gasteiger partial charge in [-0.25, -0.2) is 0 Å². The second-order valence-electron chi connectivity index (χ2n) is 8.55. The van der Waals surface area contributed by atoms with Crippen LogP contribution in [0, 0.1) is 12.8 Å². The number of nitrogens with zero attached hydrogens (tertiary/aromatic N) is 3. The van der Waals surface area contributed by atoms with Crippen LogP contribution in [0.5, 0.6) is 0 Å². The highest BCUT2D eigenvalue weighted by Gasteiger charge is 2.60. The van der Waals surface area contributed by atoms with Crippen molar-refractivity contribution < 1.29 is 9.90 Å². The number of rotatable bonds is 6. The summed E-state index contributed by atoms with van der Waals surface area (Å²) < 4.78 is 1.55. The molecule has 0 spiro atoms. The molecule has 29 heavy (non-hydrogen) atoms. The molecule has 2 unspecified atom stereocenters. The predicted molar refractivity (Wildman–Crippen MR) is 112 cm³/mol. The minimum absolute atomic E-state index is 0.115. The lowest BCUT2D eigenvalue weighted by atomic mass is 9.94. The maximum Gasteiger partial charge on any atom is 0.325 e. The van der Waals surface area contributed by atoms with Crippen molar-refractivity contribution in [3.8, 4) is 11.3 Å². The summed E-state index contributed by atoms with van der Waals surface area (Å²) in [5.41, 5.74) is 6.08. The number of aryl methyl sites for hydroxylation is 1. The molecule has 5 rings (SSSR count). The molecule has 1 saturated carbocycles. The molecule has 2 fully saturated rings. The molecule has 5 heteroatoms. The number of hydrogen-bond donors (Lipinski definition) is 1. The van der Waals surface area contributed by atoms with Gasteiger partial charge in [-0.2, -0.15) is 5.10 Å². The minimum Gasteiger partial charge on any atom is -0.480 e. The number of carboxylic acids is 1. The summed E-state index contributed by atoms with van der Waals surface area (Å²) in [6.45, 7) is 4.96. The Labute approximate surface area is 170 Å². The first-order valence-corrected chi connectivity index (χ1v) is 10.2. The largest absolute Gasteiger partial charge is 0.480 e. The highest BCUT2D eigenvalue weighted by molar-refractivity contribution is 5.67. The molecular formula is C24H25N3O2. The average molecular weight is 387 g/mol. The van der Waals surface area contributed by atoms with Gasteiger partial charge in [0.2, 0.25) is 0 Å². The third-order valence-electron chi connectivity index (χ3n) is 6.42. The van der Waals surface area contributed by atoms with Gasteiger partial charge < -0.3 is 5.11 Å². The van der Waals surface area contributed by atoms with Crippen molar-refractivity contribution in [3.63, 3.8) is 0 Å². The summed E-state index contributed by atoms with van der Waals surface area (Å²) in [4.78, 5) is 13.7. The van der Waals surface area contributed by atoms with E-state index in [9.17, 15) is 9.90 Å². The molecule has 2 atom stereocenters. The molecule has 3 aromatic rings. The van der Waals surface area contributed by atoms with E-state index in [0.717, 1.165) is 42.4 Å². The maximum atomic E-state index is 11.2. The third-order valence-corrected chi connectivity index (χ3v) is 6.42. The Bertz CT molecular complexity index is 1040. The minimum atomic E-state index is -0.876. The van der Waals surface area contributed by atoms with Crippen LogP contribution in [0.4, 0.5) is 0 Å². The van der Waals surface area contributed by atoms with Gasteiger partial charge in [-0.1, -0.05) is 60.2 Å². The van der Waals surface area contributed by atoms with E-state index in [1.165, 1.54) is 17.5 Å². The standard InChI is InChI=1S/C24H25N3O2/c1-17-7-9-20(10-8-17)24-11-21(24)14-26(16-24)12-19-13-27(15-22(28)29)25-23(19)18-5-3-2-4-6-18/h2-10,13,21H,11-12,14-16H2,1H3,(H,28,29). The molecule has 1 saturated heterocycles. The summed E-state index contributed by atoms with van der Waals surface area (Å²) in [7, 11) is 0. The highest BCUT2D eigenvalue weighted by Crippen LogP contribution is 2.59. The van der Waals surface area contributed by atoms with Crippen molar-refractivity contribution in [1.29, 1.82) is 0 Å². The van der Waals surface area contributed by atoms with E-state index < -0.39 is 5.97 Å². The first-order chi connectivity index (χ1) is 14.0. The van der Waals surface area contributed by atoms with E-state index in [0.29, 0.717) is 5.41 Å². The number of aromatic nitrogens is 2. The fourth-order valence-corrected chi connectivity index (χ4v) is 4.92. The van der Waals surface area contributed by atoms with E-state index in [-0.39, 0.29) is 6.54 Å². The Kier molecular flexibility index (Phi) is 4.28. The molecular weight excluding hydrogens is 362 g/mol. The first-order valence-electron chi connectivity index (χ1n) is 10.2. The predicted octanol–water partition coefficient (Wildman–Crippen LogP) is 3.72. The summed E-state index contributed by atoms with van der Waals surface area (Å²) in [5, 5.41) is 13.8. The van der Waals surface area contributed by atoms with Crippen molar-refractivity contribution >= 4 is 5.97 Å². The zero-order valence-corrected chi connectivity index (χ0v) is 16.6. The van der Waals surface area contributed by atoms with Crippen LogP contribution in [0.1, 0.15) is 23.1 Å². The number of benzene rings is 2. The lowest BCUT2D eigenvalue weighted by molar-refractivity contribution is -0.137. The van der Waals surface area contributed by atoms with Crippen LogP contribution in [0.3, 0.4) is 0 Å². The highest BCUT2D eigenvalue weighted by atomic mass is 16.4. The van der Waals surface area contributed by atoms with Crippen LogP contribution >= 0.6 is 0 Å². The van der Waals surface area contributed by atoms with Gasteiger partial charge in [0.1, 0.15) is 6.54 Å². The van der Waals surface area contributed by atoms with Gasteiger partial charge >= 0.3 is 5.97 Å². The average Bonchev–Trinajstić information content (AvgIpc) is 3.06. The van der Waals surface area contributed by atoms with Gasteiger partial charge in [-0.3, -0.25) is 14.4 Å². The fraction of sp³-hybridized carbons (Fsp3) is 0.333. The Balaban J connectivity index is 1.39. The molecule has 2 aromatic carbocycles. The lowest BCUT2D eigenvalue weighted by Crippen LogP contribution is -2.26. The maximum absolute atomic E-state index is 11.2. The van der Waals surface area contributed by atoms with Gasteiger partial charge in [-0.15, -0.1) is 0 Å². The normalized spacial score (nSPS) is 23.1. The third kappa shape index (κ3) is 3.36. The molecule has 148 valence electrons. The molecule has 1 aliphatic carbocycles. The summed E-state index contributed by atoms with van der Waals surface area (Å²) in [5.74, 6) is -0.154. The van der Waals surface area contributed by atoms with E-state index in [1.807, 2.05) is 36.5 Å². The van der Waals surface area contributed by atoms with Gasteiger partial charge in [0, 0.05) is 42.4 Å². The first kappa shape index (κ1) is 18.1. The van der Waals surface area contributed by atoms with Crippen LogP contribution in [0.2, 0.25) is 0 Å². The van der Waals surface area contributed by atoms with E-state index in [2.05, 4.69) is 41.2 Å². The quantitative estimate of drug-likeness (QED) is 0.700. The number of piperidine rings is 1. The van der Waals surface area contributed by atoms with Gasteiger partial charge in [0.05, 0.1) is 5.69 Å². The number of fused-ring (bicyclic) bond motifs is 1. The monoisotopic (exact) mass is 387 g/mol. The number of aliphatic carboxylic acids is 1. The number of carbonyl (C=O) groups is 1. The Morgan fingerprint density at radius 3 is 2.66 bits per heavy atom. The Morgan fingerprint density at radius 1 is 1.17 bits per heavy atom. The Morgan fingerprint density at radius 2 is 1.93 bits per heavy atom. The van der Waals surface area contributed by atoms with Gasteiger partial charge in [0.25, 0.3) is 0 Å². The molecule has 2 aliphatic rings. The molecule has 1 aromatic heterocycles. The zero-order valence-electron chi connectivity index (χ0n) is 16.6. The smallest absolute Gasteiger partial charge is 0.325 e. The van der Waals surface area contributed by atoms with Crippen molar-refractivity contribution in [1.82, 2.24) is 14.7 Å². The Hall–Kier alpha value is -2.92. The van der Waals surface area contributed by atoms with Crippen LogP contribution in [-0.2, 0) is 23.3 Å². The molecule has 2 heterocycles. The van der Waals surface area contributed by atoms with Crippen molar-refractivity contribution in [2.24, 2.45) is 5.92 Å². The SMILES string of the molecule is Cc1ccc(C23CC2CN(Cc2cn(CC(=O)O)nc2-c2ccccc2)C3)cc1. The van der Waals surface area contributed by atoms with Crippen LogP contribution in [0.25, 0.3) is 11.3 Å². The van der Waals surface area contributed by atoms with Crippen molar-refractivity contribution in [2.75, 3.05) is 13.1 Å². The molecule has 1 aliphatic heterocycles. The van der Waals surface area contributed by atoms with Crippen molar-refractivity contribution in [3.05, 3.63) is 77.5 Å². The van der Waals surface area contributed by atoms with Crippen LogP contribution in [-0.4, -0.2) is 38.8 Å². The second-order valence-corrected chi connectivity index (χ2v) is 8.55. The van der Waals surface area contributed by atoms with E-state index in [4.69, 9.17) is 0 Å². The molecule has 5 nitrogen and oxygen atoms in total. The topological polar surface area (TPSA) is 58.4 Å². The zero-order chi connectivity index (χ0) is 20.0. The summed E-state index contributed by atoms with van der Waals surface area (Å²) >= 11 is 0. The molecule has 0 radical (unpaired) electrons. The van der Waals surface area contributed by atoms with Gasteiger partial charge in [-0.05, 0) is 24.8 Å². The summed E-state index contributed by atoms with van der Waals surface area (Å²) in [6, 6.07) is 19.0. The lowest BCUT2D eigenvalue weighted by Gasteiger charge is -2.21. The van der Waals surface area contributed by atoms with Gasteiger partial charge in [0.15, 0.2) is 0 Å². The van der Waals surface area contributed by atoms with E-state index in [1.54, 1.807) is 4.68 Å². The van der Waals surface area contributed by atoms with Crippen molar-refractivity contribution in [2.45, 2.75) is 31.8 Å². The fourth-order valence-electron chi connectivity index (χ4n) is 4.92. The molecule has 0 bridgehead atoms. The number of carboxylic acid groups (broad SMARTS) is 1. The van der Waals surface area contributed by atoms with E-state index >= 15 is 0 Å². The number of hydrogen-bond acceptors (Lipinski definition) is 3.